The number of benzene rings is 1. The SMILES string of the molecule is C#Cc1ccc(Cl)c(CNC)c1. The second-order valence-electron chi connectivity index (χ2n) is 2.48. The van der Waals surface area contributed by atoms with Crippen molar-refractivity contribution in [1.82, 2.24) is 5.32 Å². The Morgan fingerprint density at radius 1 is 1.58 bits per heavy atom. The summed E-state index contributed by atoms with van der Waals surface area (Å²) < 4.78 is 0. The lowest BCUT2D eigenvalue weighted by Gasteiger charge is -2.03. The molecule has 1 N–H and O–H groups in total. The van der Waals surface area contributed by atoms with Crippen LogP contribution in [0.1, 0.15) is 11.1 Å². The number of hydrogen-bond acceptors (Lipinski definition) is 1. The first kappa shape index (κ1) is 9.12. The highest BCUT2D eigenvalue weighted by Gasteiger charge is 1.98. The molecule has 0 aliphatic carbocycles. The quantitative estimate of drug-likeness (QED) is 0.686. The van der Waals surface area contributed by atoms with Gasteiger partial charge in [-0.2, -0.15) is 0 Å². The zero-order valence-electron chi connectivity index (χ0n) is 6.89. The average Bonchev–Trinajstić information content (AvgIpc) is 2.09. The molecular weight excluding hydrogens is 170 g/mol. The fourth-order valence-corrected chi connectivity index (χ4v) is 1.17. The lowest BCUT2D eigenvalue weighted by molar-refractivity contribution is 0.818. The number of halogens is 1. The molecule has 1 rings (SSSR count). The van der Waals surface area contributed by atoms with E-state index in [4.69, 9.17) is 18.0 Å². The molecule has 12 heavy (non-hydrogen) atoms. The molecular formula is C10H10ClN. The molecule has 1 nitrogen and oxygen atoms in total. The molecule has 0 spiro atoms. The molecule has 0 amide bonds. The third-order valence-corrected chi connectivity index (χ3v) is 1.95. The minimum absolute atomic E-state index is 0.744. The van der Waals surface area contributed by atoms with Crippen LogP contribution in [0.2, 0.25) is 5.02 Å². The fraction of sp³-hybridized carbons (Fsp3) is 0.200. The average molecular weight is 180 g/mol. The van der Waals surface area contributed by atoms with Crippen LogP contribution < -0.4 is 5.32 Å². The van der Waals surface area contributed by atoms with Crippen molar-refractivity contribution in [2.75, 3.05) is 7.05 Å². The third-order valence-electron chi connectivity index (χ3n) is 1.58. The molecule has 0 aromatic heterocycles. The Kier molecular flexibility index (Phi) is 3.16. The van der Waals surface area contributed by atoms with Crippen LogP contribution in [-0.4, -0.2) is 7.05 Å². The van der Waals surface area contributed by atoms with Gasteiger partial charge in [0.15, 0.2) is 0 Å². The molecule has 0 aliphatic rings. The van der Waals surface area contributed by atoms with Crippen LogP contribution in [0.15, 0.2) is 18.2 Å². The maximum absolute atomic E-state index is 5.92. The highest BCUT2D eigenvalue weighted by atomic mass is 35.5. The third kappa shape index (κ3) is 2.01. The number of hydrogen-bond donors (Lipinski definition) is 1. The van der Waals surface area contributed by atoms with Crippen LogP contribution in [0.4, 0.5) is 0 Å². The van der Waals surface area contributed by atoms with E-state index in [1.165, 1.54) is 0 Å². The molecule has 62 valence electrons. The number of nitrogens with one attached hydrogen (secondary N) is 1. The predicted octanol–water partition coefficient (Wildman–Crippen LogP) is 2.04. The van der Waals surface area contributed by atoms with Gasteiger partial charge in [0, 0.05) is 17.1 Å². The molecule has 0 atom stereocenters. The summed E-state index contributed by atoms with van der Waals surface area (Å²) in [6.45, 7) is 0.744. The van der Waals surface area contributed by atoms with Crippen molar-refractivity contribution in [1.29, 1.82) is 0 Å². The van der Waals surface area contributed by atoms with Gasteiger partial charge >= 0.3 is 0 Å². The van der Waals surface area contributed by atoms with Gasteiger partial charge in [0.2, 0.25) is 0 Å². The maximum Gasteiger partial charge on any atom is 0.0451 e. The monoisotopic (exact) mass is 179 g/mol. The standard InChI is InChI=1S/C10H10ClN/c1-3-8-4-5-10(11)9(6-8)7-12-2/h1,4-6,12H,7H2,2H3. The van der Waals surface area contributed by atoms with Gasteiger partial charge in [0.05, 0.1) is 0 Å². The van der Waals surface area contributed by atoms with E-state index in [0.717, 1.165) is 22.7 Å². The largest absolute Gasteiger partial charge is 0.316 e. The normalized spacial score (nSPS) is 9.42. The van der Waals surface area contributed by atoms with E-state index >= 15 is 0 Å². The first-order valence-corrected chi connectivity index (χ1v) is 4.05. The summed E-state index contributed by atoms with van der Waals surface area (Å²) in [5, 5.41) is 3.78. The van der Waals surface area contributed by atoms with Crippen LogP contribution in [0.25, 0.3) is 0 Å². The Bertz CT molecular complexity index is 312. The number of terminal acetylenes is 1. The van der Waals surface area contributed by atoms with Crippen molar-refractivity contribution in [3.05, 3.63) is 34.3 Å². The molecule has 0 saturated carbocycles. The van der Waals surface area contributed by atoms with Gasteiger partial charge in [-0.15, -0.1) is 6.42 Å². The van der Waals surface area contributed by atoms with Crippen molar-refractivity contribution in [2.24, 2.45) is 0 Å². The van der Waals surface area contributed by atoms with E-state index in [0.29, 0.717) is 0 Å². The zero-order valence-corrected chi connectivity index (χ0v) is 7.65. The van der Waals surface area contributed by atoms with E-state index in [2.05, 4.69) is 11.2 Å². The van der Waals surface area contributed by atoms with E-state index in [1.807, 2.05) is 25.2 Å². The van der Waals surface area contributed by atoms with E-state index in [9.17, 15) is 0 Å². The Labute approximate surface area is 77.7 Å². The molecule has 0 unspecified atom stereocenters. The highest BCUT2D eigenvalue weighted by molar-refractivity contribution is 6.31. The first-order valence-electron chi connectivity index (χ1n) is 3.67. The Morgan fingerprint density at radius 3 is 2.92 bits per heavy atom. The van der Waals surface area contributed by atoms with Crippen LogP contribution >= 0.6 is 11.6 Å². The van der Waals surface area contributed by atoms with Crippen LogP contribution in [0.3, 0.4) is 0 Å². The Morgan fingerprint density at radius 2 is 2.33 bits per heavy atom. The van der Waals surface area contributed by atoms with Gasteiger partial charge in [-0.1, -0.05) is 17.5 Å². The summed E-state index contributed by atoms with van der Waals surface area (Å²) >= 11 is 5.92. The fourth-order valence-electron chi connectivity index (χ4n) is 0.990. The second kappa shape index (κ2) is 4.15. The predicted molar refractivity (Wildman–Crippen MR) is 52.2 cm³/mol. The summed E-state index contributed by atoms with van der Waals surface area (Å²) in [6, 6.07) is 5.57. The minimum atomic E-state index is 0.744. The molecule has 0 fully saturated rings. The van der Waals surface area contributed by atoms with Crippen molar-refractivity contribution in [3.8, 4) is 12.3 Å². The molecule has 0 heterocycles. The second-order valence-corrected chi connectivity index (χ2v) is 2.89. The lowest BCUT2D eigenvalue weighted by Crippen LogP contribution is -2.05. The molecule has 1 aromatic carbocycles. The van der Waals surface area contributed by atoms with Crippen LogP contribution in [-0.2, 0) is 6.54 Å². The molecule has 2 heteroatoms. The molecule has 1 aromatic rings. The zero-order chi connectivity index (χ0) is 8.97. The van der Waals surface area contributed by atoms with Crippen LogP contribution in [0, 0.1) is 12.3 Å². The van der Waals surface area contributed by atoms with E-state index < -0.39 is 0 Å². The highest BCUT2D eigenvalue weighted by Crippen LogP contribution is 2.16. The Hall–Kier alpha value is -0.970. The van der Waals surface area contributed by atoms with Crippen molar-refractivity contribution in [2.45, 2.75) is 6.54 Å². The smallest absolute Gasteiger partial charge is 0.0451 e. The lowest BCUT2D eigenvalue weighted by atomic mass is 10.1. The molecule has 0 aliphatic heterocycles. The molecule has 0 radical (unpaired) electrons. The van der Waals surface area contributed by atoms with Crippen molar-refractivity contribution < 1.29 is 0 Å². The summed E-state index contributed by atoms with van der Waals surface area (Å²) in [5.41, 5.74) is 1.90. The Balaban J connectivity index is 3.01. The summed E-state index contributed by atoms with van der Waals surface area (Å²) in [4.78, 5) is 0. The minimum Gasteiger partial charge on any atom is -0.316 e. The van der Waals surface area contributed by atoms with Crippen molar-refractivity contribution >= 4 is 11.6 Å². The van der Waals surface area contributed by atoms with Crippen LogP contribution in [0.5, 0.6) is 0 Å². The maximum atomic E-state index is 5.92. The topological polar surface area (TPSA) is 12.0 Å². The summed E-state index contributed by atoms with van der Waals surface area (Å²) in [6.07, 6.45) is 5.25. The molecule has 0 bridgehead atoms. The molecule has 0 saturated heterocycles. The van der Waals surface area contributed by atoms with Gasteiger partial charge in [-0.3, -0.25) is 0 Å². The first-order chi connectivity index (χ1) is 5.77. The summed E-state index contributed by atoms with van der Waals surface area (Å²) in [7, 11) is 1.87. The van der Waals surface area contributed by atoms with E-state index in [1.54, 1.807) is 0 Å². The summed E-state index contributed by atoms with van der Waals surface area (Å²) in [5.74, 6) is 2.57. The van der Waals surface area contributed by atoms with Gasteiger partial charge in [-0.05, 0) is 30.8 Å². The van der Waals surface area contributed by atoms with Gasteiger partial charge < -0.3 is 5.32 Å². The number of rotatable bonds is 2. The van der Waals surface area contributed by atoms with Gasteiger partial charge in [0.1, 0.15) is 0 Å². The van der Waals surface area contributed by atoms with Gasteiger partial charge in [0.25, 0.3) is 0 Å². The van der Waals surface area contributed by atoms with Crippen molar-refractivity contribution in [3.63, 3.8) is 0 Å². The van der Waals surface area contributed by atoms with E-state index in [-0.39, 0.29) is 0 Å². The van der Waals surface area contributed by atoms with Gasteiger partial charge in [-0.25, -0.2) is 0 Å².